The number of alkyl halides is 6. The van der Waals surface area contributed by atoms with Gasteiger partial charge in [-0.05, 0) is 197 Å². The zero-order chi connectivity index (χ0) is 67.4. The van der Waals surface area contributed by atoms with Gasteiger partial charge in [-0.2, -0.15) is 21.6 Å². The maximum Gasteiger partial charge on any atom is 0.550 e. The van der Waals surface area contributed by atoms with E-state index in [1.54, 1.807) is 12.1 Å². The van der Waals surface area contributed by atoms with E-state index in [0.29, 0.717) is 5.56 Å². The molecule has 0 aliphatic heterocycles. The Hall–Kier alpha value is -7.10. The van der Waals surface area contributed by atoms with Crippen molar-refractivity contribution in [1.82, 2.24) is 0 Å². The molecule has 2 unspecified atom stereocenters. The monoisotopic (exact) mass is 1350 g/mol. The van der Waals surface area contributed by atoms with Gasteiger partial charge in [0.2, 0.25) is 0 Å². The standard InChI is InChI=1S/C82H88F6O6S2/c1-5-9-13-15-17-19-21-23-27-57-33-41-61(42-34-57)75-71-53-63(91-95-94-93-81(83,84)85)45-47-65(71)67-49-51-69-74(60-39-31-56(32-40-60)26-12-8-4)80-70(73(79(69)77(67)75)59-37-29-55(30-38-59)25-11-7-3)52-50-68-66-48-46-64(92-96(89,90)82(86,87)88)54-72(66)76(78(68)80)62-43-35-58(36-44-62)28-24-22-20-18-16-14-10-6-2/h29-54,75-76H,5-28H2,1-4H3. The van der Waals surface area contributed by atoms with Crippen molar-refractivity contribution in [2.75, 3.05) is 0 Å². The molecule has 14 heteroatoms. The highest BCUT2D eigenvalue weighted by molar-refractivity contribution is 7.90. The van der Waals surface area contributed by atoms with Crippen LogP contribution in [0, 0.1) is 0 Å². The normalized spacial score (nSPS) is 14.3. The van der Waals surface area contributed by atoms with E-state index in [0.717, 1.165) is 171 Å². The van der Waals surface area contributed by atoms with Crippen LogP contribution in [0.5, 0.6) is 11.5 Å². The lowest BCUT2D eigenvalue weighted by Crippen LogP contribution is -2.28. The number of benzene rings is 9. The van der Waals surface area contributed by atoms with Crippen molar-refractivity contribution in [3.8, 4) is 56.0 Å². The lowest BCUT2D eigenvalue weighted by Gasteiger charge is -2.26. The first-order chi connectivity index (χ1) is 46.5. The van der Waals surface area contributed by atoms with Crippen molar-refractivity contribution in [1.29, 1.82) is 0 Å². The highest BCUT2D eigenvalue weighted by Crippen LogP contribution is 2.60. The van der Waals surface area contributed by atoms with Crippen LogP contribution in [-0.4, -0.2) is 20.3 Å². The van der Waals surface area contributed by atoms with Gasteiger partial charge in [0, 0.05) is 11.8 Å². The number of hydrogen-bond donors (Lipinski definition) is 0. The molecule has 9 aromatic carbocycles. The Morgan fingerprint density at radius 1 is 0.396 bits per heavy atom. The summed E-state index contributed by atoms with van der Waals surface area (Å²) in [6.07, 6.45) is 22.0. The van der Waals surface area contributed by atoms with E-state index in [9.17, 15) is 34.8 Å². The maximum absolute atomic E-state index is 14.2. The summed E-state index contributed by atoms with van der Waals surface area (Å²) in [5, 5.41) is 3.87. The number of fused-ring (bicyclic) bond motifs is 10. The molecule has 96 heavy (non-hydrogen) atoms. The maximum atomic E-state index is 14.2. The van der Waals surface area contributed by atoms with Crippen molar-refractivity contribution >= 4 is 44.0 Å². The Balaban J connectivity index is 1.15. The minimum Gasteiger partial charge on any atom is -0.399 e. The van der Waals surface area contributed by atoms with Crippen LogP contribution in [0.3, 0.4) is 0 Å². The fourth-order valence-electron chi connectivity index (χ4n) is 14.7. The summed E-state index contributed by atoms with van der Waals surface area (Å²) in [7, 11) is -6.03. The minimum absolute atomic E-state index is 0.0853. The summed E-state index contributed by atoms with van der Waals surface area (Å²) < 4.78 is 123. The van der Waals surface area contributed by atoms with Gasteiger partial charge in [-0.25, -0.2) is 0 Å². The van der Waals surface area contributed by atoms with Crippen molar-refractivity contribution in [3.63, 3.8) is 0 Å². The third-order valence-electron chi connectivity index (χ3n) is 19.5. The zero-order valence-corrected chi connectivity index (χ0v) is 57.3. The van der Waals surface area contributed by atoms with Crippen LogP contribution in [-0.2, 0) is 45.0 Å². The smallest absolute Gasteiger partial charge is 0.399 e. The Kier molecular flexibility index (Phi) is 23.4. The van der Waals surface area contributed by atoms with Crippen LogP contribution in [0.25, 0.3) is 66.1 Å². The van der Waals surface area contributed by atoms with E-state index in [4.69, 9.17) is 8.37 Å². The molecular formula is C82H88F6O6S2. The lowest BCUT2D eigenvalue weighted by atomic mass is 9.76. The largest absolute Gasteiger partial charge is 0.550 e. The molecule has 2 atom stereocenters. The Labute approximate surface area is 568 Å². The van der Waals surface area contributed by atoms with Crippen molar-refractivity contribution in [2.24, 2.45) is 0 Å². The second kappa shape index (κ2) is 32.1. The molecule has 0 aromatic heterocycles. The van der Waals surface area contributed by atoms with E-state index in [1.807, 2.05) is 12.1 Å². The molecular weight excluding hydrogens is 1260 g/mol. The van der Waals surface area contributed by atoms with Gasteiger partial charge < -0.3 is 8.37 Å². The summed E-state index contributed by atoms with van der Waals surface area (Å²) in [5.74, 6) is -1.19. The quantitative estimate of drug-likeness (QED) is 0.00582. The number of halogens is 6. The van der Waals surface area contributed by atoms with E-state index < -0.39 is 39.6 Å². The predicted octanol–water partition coefficient (Wildman–Crippen LogP) is 25.3. The molecule has 0 heterocycles. The molecule has 0 radical (unpaired) electrons. The molecule has 0 fully saturated rings. The Morgan fingerprint density at radius 3 is 1.15 bits per heavy atom. The summed E-state index contributed by atoms with van der Waals surface area (Å²) in [6, 6.07) is 54.0. The number of rotatable bonds is 34. The molecule has 506 valence electrons. The molecule has 0 saturated heterocycles. The molecule has 0 N–H and O–H groups in total. The summed E-state index contributed by atoms with van der Waals surface area (Å²) >= 11 is 0.0853. The molecule has 0 bridgehead atoms. The van der Waals surface area contributed by atoms with Crippen LogP contribution < -0.4 is 8.37 Å². The fraction of sp³-hybridized carbons (Fsp3) is 0.390. The second-order valence-electron chi connectivity index (χ2n) is 26.3. The minimum atomic E-state index is -6.03. The lowest BCUT2D eigenvalue weighted by molar-refractivity contribution is -0.441. The highest BCUT2D eigenvalue weighted by Gasteiger charge is 2.49. The summed E-state index contributed by atoms with van der Waals surface area (Å²) in [5.41, 5.74) is 12.0. The predicted molar refractivity (Wildman–Crippen MR) is 380 cm³/mol. The molecule has 0 amide bonds. The average Bonchev–Trinajstić information content (AvgIpc) is 1.66. The molecule has 9 aromatic rings. The first-order valence-corrected chi connectivity index (χ1v) is 37.1. The van der Waals surface area contributed by atoms with Crippen molar-refractivity contribution in [3.05, 3.63) is 213 Å². The molecule has 2 aliphatic carbocycles. The van der Waals surface area contributed by atoms with Crippen LogP contribution in [0.4, 0.5) is 26.3 Å². The van der Waals surface area contributed by atoms with Crippen LogP contribution >= 0.6 is 12.3 Å². The van der Waals surface area contributed by atoms with Gasteiger partial charge in [-0.15, -0.1) is 22.4 Å². The molecule has 6 nitrogen and oxygen atoms in total. The Morgan fingerprint density at radius 2 is 0.750 bits per heavy atom. The summed E-state index contributed by atoms with van der Waals surface area (Å²) in [4.78, 5) is 3.61. The van der Waals surface area contributed by atoms with Gasteiger partial charge in [-0.3, -0.25) is 0 Å². The van der Waals surface area contributed by atoms with E-state index in [1.165, 1.54) is 111 Å². The second-order valence-corrected chi connectivity index (χ2v) is 28.3. The van der Waals surface area contributed by atoms with E-state index in [-0.39, 0.29) is 18.1 Å². The van der Waals surface area contributed by atoms with Gasteiger partial charge in [0.15, 0.2) is 0 Å². The summed E-state index contributed by atoms with van der Waals surface area (Å²) in [6.45, 7) is 8.84. The van der Waals surface area contributed by atoms with Gasteiger partial charge in [-0.1, -0.05) is 264 Å². The fourth-order valence-corrected chi connectivity index (χ4v) is 15.5. The van der Waals surface area contributed by atoms with E-state index in [2.05, 4.69) is 158 Å². The van der Waals surface area contributed by atoms with Gasteiger partial charge in [0.25, 0.3) is 12.3 Å². The van der Waals surface area contributed by atoms with Crippen LogP contribution in [0.15, 0.2) is 158 Å². The van der Waals surface area contributed by atoms with Crippen molar-refractivity contribution in [2.45, 2.75) is 206 Å². The van der Waals surface area contributed by atoms with Crippen LogP contribution in [0.2, 0.25) is 0 Å². The van der Waals surface area contributed by atoms with Crippen molar-refractivity contribution < 1.29 is 52.3 Å². The van der Waals surface area contributed by atoms with Gasteiger partial charge in [0.05, 0.1) is 0 Å². The molecule has 0 saturated carbocycles. The highest BCUT2D eigenvalue weighted by atomic mass is 32.2. The SMILES string of the molecule is CCCCCCCCCCc1ccc(C2c3cc(OSOOC(F)(F)F)ccc3-c3ccc4c(-c5ccc(CCCC)cc5)c5c6c(ccc5c(-c5ccc(CCCC)cc5)c4c32)-c2ccc(OS(=O)(=O)C(F)(F)F)cc2C6c2ccc(CCCCCCCCCC)cc2)cc1. The number of aryl methyl sites for hydroxylation is 4. The zero-order valence-electron chi connectivity index (χ0n) is 55.7. The van der Waals surface area contributed by atoms with Gasteiger partial charge >= 0.3 is 22.0 Å². The molecule has 2 aliphatic rings. The van der Waals surface area contributed by atoms with E-state index >= 15 is 0 Å². The molecule has 11 rings (SSSR count). The topological polar surface area (TPSA) is 71.1 Å². The van der Waals surface area contributed by atoms with Gasteiger partial charge in [0.1, 0.15) is 11.5 Å². The molecule has 0 spiro atoms. The number of unbranched alkanes of at least 4 members (excludes halogenated alkanes) is 16. The number of hydrogen-bond acceptors (Lipinski definition) is 7. The third-order valence-corrected chi connectivity index (χ3v) is 20.9. The first kappa shape index (κ1) is 70.2. The first-order valence-electron chi connectivity index (χ1n) is 35.0. The van der Waals surface area contributed by atoms with Crippen LogP contribution in [0.1, 0.15) is 224 Å². The Bertz CT molecular complexity index is 4200. The third kappa shape index (κ3) is 16.2. The average molecular weight is 1350 g/mol.